The number of aromatic nitrogens is 2. The molecule has 0 radical (unpaired) electrons. The summed E-state index contributed by atoms with van der Waals surface area (Å²) in [5, 5.41) is 22.9. The van der Waals surface area contributed by atoms with Crippen LogP contribution in [-0.2, 0) is 6.73 Å². The molecule has 1 aromatic heterocycles. The number of aliphatic hydroxyl groups excluding tert-OH is 1. The summed E-state index contributed by atoms with van der Waals surface area (Å²) in [4.78, 5) is 0. The molecule has 1 N–H and O–H groups in total. The van der Waals surface area contributed by atoms with E-state index in [-0.39, 0.29) is 12.4 Å². The molecule has 0 spiro atoms. The molecule has 0 aliphatic carbocycles. The largest absolute Gasteiger partial charge is 0.374 e. The van der Waals surface area contributed by atoms with Crippen LogP contribution in [0.5, 0.6) is 0 Å². The van der Waals surface area contributed by atoms with Crippen LogP contribution in [0.25, 0.3) is 10.9 Å². The molecule has 2 rings (SSSR count). The summed E-state index contributed by atoms with van der Waals surface area (Å²) in [6, 6.07) is 7.03. The van der Waals surface area contributed by atoms with Crippen LogP contribution in [0.4, 0.5) is 0 Å². The number of fused-ring (bicyclic) bond motifs is 1. The highest BCUT2D eigenvalue weighted by Crippen LogP contribution is 2.21. The second-order valence-corrected chi connectivity index (χ2v) is 3.20. The number of hydrogen-bond donors (Lipinski definition) is 1. The van der Waals surface area contributed by atoms with Crippen molar-refractivity contribution in [3.8, 4) is 6.07 Å². The van der Waals surface area contributed by atoms with Gasteiger partial charge in [-0.3, -0.25) is 0 Å². The monoisotopic (exact) mass is 207 g/mol. The first-order chi connectivity index (χ1) is 6.76. The molecule has 2 aromatic rings. The van der Waals surface area contributed by atoms with Gasteiger partial charge in [-0.2, -0.15) is 10.4 Å². The molecule has 0 amide bonds. The zero-order valence-corrected chi connectivity index (χ0v) is 7.86. The molecule has 0 aliphatic rings. The van der Waals surface area contributed by atoms with E-state index in [1.165, 1.54) is 4.68 Å². The minimum atomic E-state index is -0.250. The quantitative estimate of drug-likeness (QED) is 0.771. The normalized spacial score (nSPS) is 10.4. The first kappa shape index (κ1) is 9.00. The van der Waals surface area contributed by atoms with Crippen molar-refractivity contribution in [2.75, 3.05) is 0 Å². The molecule has 0 atom stereocenters. The maximum Gasteiger partial charge on any atom is 0.170 e. The van der Waals surface area contributed by atoms with Gasteiger partial charge in [-0.25, -0.2) is 4.68 Å². The standard InChI is InChI=1S/C9H6ClN3O/c10-6-1-2-9-7(3-6)8(4-11)12-13(9)5-14/h1-3,14H,5H2. The van der Waals surface area contributed by atoms with Gasteiger partial charge >= 0.3 is 0 Å². The predicted molar refractivity (Wildman–Crippen MR) is 51.7 cm³/mol. The molecule has 0 bridgehead atoms. The number of aliphatic hydroxyl groups is 1. The van der Waals surface area contributed by atoms with Crippen LogP contribution in [-0.4, -0.2) is 14.9 Å². The predicted octanol–water partition coefficient (Wildman–Crippen LogP) is 1.51. The van der Waals surface area contributed by atoms with Gasteiger partial charge in [0, 0.05) is 10.4 Å². The minimum absolute atomic E-state index is 0.250. The summed E-state index contributed by atoms with van der Waals surface area (Å²) in [7, 11) is 0. The smallest absolute Gasteiger partial charge is 0.170 e. The van der Waals surface area contributed by atoms with Crippen molar-refractivity contribution in [3.05, 3.63) is 28.9 Å². The van der Waals surface area contributed by atoms with E-state index in [2.05, 4.69) is 5.10 Å². The molecule has 0 unspecified atom stereocenters. The summed E-state index contributed by atoms with van der Waals surface area (Å²) >= 11 is 5.79. The van der Waals surface area contributed by atoms with E-state index in [0.29, 0.717) is 15.9 Å². The summed E-state index contributed by atoms with van der Waals surface area (Å²) in [6.07, 6.45) is 0. The van der Waals surface area contributed by atoms with Crippen molar-refractivity contribution >= 4 is 22.5 Å². The fourth-order valence-corrected chi connectivity index (χ4v) is 1.51. The van der Waals surface area contributed by atoms with Gasteiger partial charge in [0.1, 0.15) is 12.8 Å². The zero-order valence-electron chi connectivity index (χ0n) is 7.11. The van der Waals surface area contributed by atoms with E-state index in [1.807, 2.05) is 6.07 Å². The van der Waals surface area contributed by atoms with Crippen molar-refractivity contribution < 1.29 is 5.11 Å². The Balaban J connectivity index is 2.84. The molecule has 1 aromatic carbocycles. The Bertz CT molecular complexity index is 527. The Kier molecular flexibility index (Phi) is 2.12. The molecule has 1 heterocycles. The zero-order chi connectivity index (χ0) is 10.1. The van der Waals surface area contributed by atoms with Gasteiger partial charge in [0.25, 0.3) is 0 Å². The van der Waals surface area contributed by atoms with Crippen molar-refractivity contribution in [1.82, 2.24) is 9.78 Å². The van der Waals surface area contributed by atoms with Gasteiger partial charge in [0.2, 0.25) is 0 Å². The minimum Gasteiger partial charge on any atom is -0.374 e. The highest BCUT2D eigenvalue weighted by molar-refractivity contribution is 6.31. The average Bonchev–Trinajstić information content (AvgIpc) is 2.55. The lowest BCUT2D eigenvalue weighted by atomic mass is 10.2. The molecule has 0 fully saturated rings. The Hall–Kier alpha value is -1.57. The summed E-state index contributed by atoms with van der Waals surface area (Å²) in [5.41, 5.74) is 0.977. The molecule has 14 heavy (non-hydrogen) atoms. The maximum absolute atomic E-state index is 8.97. The Morgan fingerprint density at radius 2 is 2.36 bits per heavy atom. The summed E-state index contributed by atoms with van der Waals surface area (Å²) < 4.78 is 1.35. The molecule has 0 aliphatic heterocycles. The molecule has 70 valence electrons. The van der Waals surface area contributed by atoms with Gasteiger partial charge in [-0.15, -0.1) is 0 Å². The van der Waals surface area contributed by atoms with E-state index >= 15 is 0 Å². The van der Waals surface area contributed by atoms with Gasteiger partial charge in [0.05, 0.1) is 5.52 Å². The Morgan fingerprint density at radius 3 is 3.00 bits per heavy atom. The van der Waals surface area contributed by atoms with E-state index < -0.39 is 0 Å². The Morgan fingerprint density at radius 1 is 1.57 bits per heavy atom. The number of halogens is 1. The van der Waals surface area contributed by atoms with Crippen LogP contribution >= 0.6 is 11.6 Å². The Labute approximate surface area is 84.9 Å². The van der Waals surface area contributed by atoms with Crippen LogP contribution in [0.3, 0.4) is 0 Å². The number of nitriles is 1. The lowest BCUT2D eigenvalue weighted by Gasteiger charge is -1.96. The highest BCUT2D eigenvalue weighted by Gasteiger charge is 2.09. The highest BCUT2D eigenvalue weighted by atomic mass is 35.5. The molecular weight excluding hydrogens is 202 g/mol. The number of hydrogen-bond acceptors (Lipinski definition) is 3. The van der Waals surface area contributed by atoms with E-state index in [4.69, 9.17) is 22.0 Å². The van der Waals surface area contributed by atoms with E-state index in [1.54, 1.807) is 18.2 Å². The first-order valence-corrected chi connectivity index (χ1v) is 4.31. The van der Waals surface area contributed by atoms with Crippen LogP contribution < -0.4 is 0 Å². The third-order valence-corrected chi connectivity index (χ3v) is 2.19. The lowest BCUT2D eigenvalue weighted by Crippen LogP contribution is -1.98. The van der Waals surface area contributed by atoms with Crippen LogP contribution in [0, 0.1) is 11.3 Å². The number of benzene rings is 1. The first-order valence-electron chi connectivity index (χ1n) is 3.93. The van der Waals surface area contributed by atoms with E-state index in [0.717, 1.165) is 0 Å². The maximum atomic E-state index is 8.97. The lowest BCUT2D eigenvalue weighted by molar-refractivity contribution is 0.200. The van der Waals surface area contributed by atoms with Gasteiger partial charge in [-0.05, 0) is 18.2 Å². The fraction of sp³-hybridized carbons (Fsp3) is 0.111. The number of rotatable bonds is 1. The second-order valence-electron chi connectivity index (χ2n) is 2.76. The van der Waals surface area contributed by atoms with Crippen molar-refractivity contribution in [3.63, 3.8) is 0 Å². The second kappa shape index (κ2) is 3.29. The molecule has 0 saturated carbocycles. The number of nitrogens with zero attached hydrogens (tertiary/aromatic N) is 3. The third kappa shape index (κ3) is 1.23. The molecule has 4 nitrogen and oxygen atoms in total. The third-order valence-electron chi connectivity index (χ3n) is 1.95. The van der Waals surface area contributed by atoms with Crippen molar-refractivity contribution in [2.45, 2.75) is 6.73 Å². The topological polar surface area (TPSA) is 61.8 Å². The summed E-state index contributed by atoms with van der Waals surface area (Å²) in [6.45, 7) is -0.250. The molecule has 5 heteroatoms. The van der Waals surface area contributed by atoms with Crippen molar-refractivity contribution in [1.29, 1.82) is 5.26 Å². The summed E-state index contributed by atoms with van der Waals surface area (Å²) in [5.74, 6) is 0. The SMILES string of the molecule is N#Cc1nn(CO)c2ccc(Cl)cc12. The average molecular weight is 208 g/mol. The van der Waals surface area contributed by atoms with Crippen LogP contribution in [0.2, 0.25) is 5.02 Å². The van der Waals surface area contributed by atoms with Gasteiger partial charge < -0.3 is 5.11 Å². The van der Waals surface area contributed by atoms with E-state index in [9.17, 15) is 0 Å². The van der Waals surface area contributed by atoms with Crippen molar-refractivity contribution in [2.24, 2.45) is 0 Å². The van der Waals surface area contributed by atoms with Crippen LogP contribution in [0.1, 0.15) is 5.69 Å². The van der Waals surface area contributed by atoms with Gasteiger partial charge in [0.15, 0.2) is 5.69 Å². The van der Waals surface area contributed by atoms with Gasteiger partial charge in [-0.1, -0.05) is 11.6 Å². The molecule has 0 saturated heterocycles. The molecular formula is C9H6ClN3O. The van der Waals surface area contributed by atoms with Crippen LogP contribution in [0.15, 0.2) is 18.2 Å². The fourth-order valence-electron chi connectivity index (χ4n) is 1.34.